The van der Waals surface area contributed by atoms with Crippen LogP contribution >= 0.6 is 11.6 Å². The van der Waals surface area contributed by atoms with Gasteiger partial charge in [-0.25, -0.2) is 12.8 Å². The van der Waals surface area contributed by atoms with E-state index in [1.807, 2.05) is 0 Å². The molecule has 0 aliphatic carbocycles. The molecule has 1 atom stereocenters. The molecule has 1 aliphatic rings. The van der Waals surface area contributed by atoms with Crippen molar-refractivity contribution in [1.82, 2.24) is 4.31 Å². The van der Waals surface area contributed by atoms with Crippen LogP contribution in [0.3, 0.4) is 0 Å². The van der Waals surface area contributed by atoms with Crippen LogP contribution in [0.1, 0.15) is 6.42 Å². The second-order valence-corrected chi connectivity index (χ2v) is 6.55. The molecule has 104 valence electrons. The molecule has 19 heavy (non-hydrogen) atoms. The Bertz CT molecular complexity index is 619. The highest BCUT2D eigenvalue weighted by Gasteiger charge is 2.37. The molecule has 1 aromatic carbocycles. The van der Waals surface area contributed by atoms with Crippen LogP contribution in [0.4, 0.5) is 4.39 Å². The molecule has 2 rings (SSSR count). The van der Waals surface area contributed by atoms with Crippen LogP contribution in [0.5, 0.6) is 0 Å². The maximum absolute atomic E-state index is 13.8. The molecule has 1 aliphatic heterocycles. The van der Waals surface area contributed by atoms with Gasteiger partial charge in [0.2, 0.25) is 10.0 Å². The maximum Gasteiger partial charge on any atom is 0.307 e. The molecule has 1 N–H and O–H groups in total. The lowest BCUT2D eigenvalue weighted by Gasteiger charge is -2.16. The fourth-order valence-corrected chi connectivity index (χ4v) is 3.79. The molecule has 5 nitrogen and oxygen atoms in total. The summed E-state index contributed by atoms with van der Waals surface area (Å²) in [6.45, 7) is -0.0884. The fourth-order valence-electron chi connectivity index (χ4n) is 1.97. The molecule has 0 spiro atoms. The first-order chi connectivity index (χ1) is 8.84. The van der Waals surface area contributed by atoms with E-state index in [4.69, 9.17) is 16.7 Å². The Kier molecular flexibility index (Phi) is 3.80. The number of hydrogen-bond donors (Lipinski definition) is 1. The van der Waals surface area contributed by atoms with Crippen molar-refractivity contribution in [3.05, 3.63) is 29.0 Å². The second kappa shape index (κ2) is 5.07. The number of carbonyl (C=O) groups is 1. The number of nitrogens with zero attached hydrogens (tertiary/aromatic N) is 1. The first-order valence-corrected chi connectivity index (χ1v) is 7.33. The van der Waals surface area contributed by atoms with Crippen LogP contribution in [0.2, 0.25) is 5.02 Å². The molecule has 1 fully saturated rings. The van der Waals surface area contributed by atoms with Gasteiger partial charge in [0.25, 0.3) is 0 Å². The minimum Gasteiger partial charge on any atom is -0.481 e. The Morgan fingerprint density at radius 3 is 2.74 bits per heavy atom. The molecule has 0 saturated carbocycles. The quantitative estimate of drug-likeness (QED) is 0.920. The number of carboxylic acids is 1. The Balaban J connectivity index is 2.34. The summed E-state index contributed by atoms with van der Waals surface area (Å²) in [5.74, 6) is -2.82. The molecule has 0 radical (unpaired) electrons. The third-order valence-corrected chi connectivity index (χ3v) is 5.21. The van der Waals surface area contributed by atoms with E-state index < -0.39 is 32.6 Å². The largest absolute Gasteiger partial charge is 0.481 e. The van der Waals surface area contributed by atoms with Crippen molar-refractivity contribution < 1.29 is 22.7 Å². The summed E-state index contributed by atoms with van der Waals surface area (Å²) in [6.07, 6.45) is 0.219. The first-order valence-electron chi connectivity index (χ1n) is 5.51. The average Bonchev–Trinajstić information content (AvgIpc) is 2.82. The Hall–Kier alpha value is -1.18. The molecule has 1 unspecified atom stereocenters. The van der Waals surface area contributed by atoms with Gasteiger partial charge in [-0.05, 0) is 18.6 Å². The van der Waals surface area contributed by atoms with Gasteiger partial charge in [0, 0.05) is 13.1 Å². The molecule has 0 bridgehead atoms. The summed E-state index contributed by atoms with van der Waals surface area (Å²) in [7, 11) is -4.05. The number of aliphatic carboxylic acids is 1. The lowest BCUT2D eigenvalue weighted by molar-refractivity contribution is -0.141. The van der Waals surface area contributed by atoms with Gasteiger partial charge >= 0.3 is 5.97 Å². The Morgan fingerprint density at radius 1 is 1.47 bits per heavy atom. The normalized spacial score (nSPS) is 20.6. The van der Waals surface area contributed by atoms with Crippen molar-refractivity contribution in [2.45, 2.75) is 11.3 Å². The third-order valence-electron chi connectivity index (χ3n) is 3.03. The van der Waals surface area contributed by atoms with E-state index in [9.17, 15) is 17.6 Å². The lowest BCUT2D eigenvalue weighted by Crippen LogP contribution is -2.30. The molecule has 1 saturated heterocycles. The van der Waals surface area contributed by atoms with Crippen molar-refractivity contribution in [3.8, 4) is 0 Å². The summed E-state index contributed by atoms with van der Waals surface area (Å²) >= 11 is 5.55. The van der Waals surface area contributed by atoms with Crippen LogP contribution < -0.4 is 0 Å². The van der Waals surface area contributed by atoms with E-state index in [0.717, 1.165) is 10.4 Å². The van der Waals surface area contributed by atoms with E-state index in [0.29, 0.717) is 0 Å². The van der Waals surface area contributed by atoms with E-state index in [1.165, 1.54) is 12.1 Å². The lowest BCUT2D eigenvalue weighted by atomic mass is 10.1. The summed E-state index contributed by atoms with van der Waals surface area (Å²) < 4.78 is 39.1. The van der Waals surface area contributed by atoms with E-state index in [2.05, 4.69) is 0 Å². The van der Waals surface area contributed by atoms with Crippen molar-refractivity contribution in [2.75, 3.05) is 13.1 Å². The molecule has 1 aromatic rings. The van der Waals surface area contributed by atoms with Crippen LogP contribution in [0.25, 0.3) is 0 Å². The average molecular weight is 308 g/mol. The minimum absolute atomic E-state index is 0.0608. The van der Waals surface area contributed by atoms with E-state index >= 15 is 0 Å². The van der Waals surface area contributed by atoms with Crippen molar-refractivity contribution in [3.63, 3.8) is 0 Å². The summed E-state index contributed by atoms with van der Waals surface area (Å²) in [6, 6.07) is 3.70. The third kappa shape index (κ3) is 2.58. The number of hydrogen-bond acceptors (Lipinski definition) is 3. The van der Waals surface area contributed by atoms with Gasteiger partial charge in [0.05, 0.1) is 10.9 Å². The molecule has 0 aromatic heterocycles. The van der Waals surface area contributed by atoms with Gasteiger partial charge in [-0.2, -0.15) is 4.31 Å². The molecule has 8 heteroatoms. The highest BCUT2D eigenvalue weighted by Crippen LogP contribution is 2.28. The molecule has 0 amide bonds. The zero-order valence-electron chi connectivity index (χ0n) is 9.71. The highest BCUT2D eigenvalue weighted by molar-refractivity contribution is 7.89. The number of benzene rings is 1. The Morgan fingerprint density at radius 2 is 2.16 bits per heavy atom. The van der Waals surface area contributed by atoms with Gasteiger partial charge in [-0.1, -0.05) is 17.7 Å². The van der Waals surface area contributed by atoms with Crippen molar-refractivity contribution >= 4 is 27.6 Å². The van der Waals surface area contributed by atoms with Gasteiger partial charge in [0.15, 0.2) is 5.82 Å². The summed E-state index contributed by atoms with van der Waals surface area (Å²) in [5, 5.41) is 8.57. The standard InChI is InChI=1S/C11H11ClFNO4S/c12-8-2-1-3-9(10(8)13)19(17,18)14-5-4-7(6-14)11(15)16/h1-3,7H,4-6H2,(H,15,16). The maximum atomic E-state index is 13.8. The first kappa shape index (κ1) is 14.2. The second-order valence-electron chi connectivity index (χ2n) is 4.24. The van der Waals surface area contributed by atoms with Gasteiger partial charge < -0.3 is 5.11 Å². The molecular weight excluding hydrogens is 297 g/mol. The smallest absolute Gasteiger partial charge is 0.307 e. The molecule has 1 heterocycles. The van der Waals surface area contributed by atoms with Crippen LogP contribution in [-0.2, 0) is 14.8 Å². The topological polar surface area (TPSA) is 74.7 Å². The molecular formula is C11H11ClFNO4S. The van der Waals surface area contributed by atoms with Crippen molar-refractivity contribution in [2.24, 2.45) is 5.92 Å². The van der Waals surface area contributed by atoms with Gasteiger partial charge in [-0.3, -0.25) is 4.79 Å². The van der Waals surface area contributed by atoms with Crippen LogP contribution in [0, 0.1) is 11.7 Å². The Labute approximate surface area is 114 Å². The summed E-state index contributed by atoms with van der Waals surface area (Å²) in [5.41, 5.74) is 0. The van der Waals surface area contributed by atoms with Gasteiger partial charge in [-0.15, -0.1) is 0 Å². The predicted molar refractivity (Wildman–Crippen MR) is 65.9 cm³/mol. The number of carboxylic acid groups (broad SMARTS) is 1. The number of halogens is 2. The van der Waals surface area contributed by atoms with Crippen LogP contribution in [-0.4, -0.2) is 36.9 Å². The minimum atomic E-state index is -4.05. The highest BCUT2D eigenvalue weighted by atomic mass is 35.5. The summed E-state index contributed by atoms with van der Waals surface area (Å²) in [4.78, 5) is 10.3. The number of rotatable bonds is 3. The van der Waals surface area contributed by atoms with Gasteiger partial charge in [0.1, 0.15) is 4.90 Å². The number of sulfonamides is 1. The fraction of sp³-hybridized carbons (Fsp3) is 0.364. The predicted octanol–water partition coefficient (Wildman–Crippen LogP) is 1.57. The van der Waals surface area contributed by atoms with Crippen molar-refractivity contribution in [1.29, 1.82) is 0 Å². The van der Waals surface area contributed by atoms with E-state index in [-0.39, 0.29) is 24.5 Å². The zero-order chi connectivity index (χ0) is 14.2. The zero-order valence-corrected chi connectivity index (χ0v) is 11.3. The van der Waals surface area contributed by atoms with Crippen LogP contribution in [0.15, 0.2) is 23.1 Å². The monoisotopic (exact) mass is 307 g/mol. The van der Waals surface area contributed by atoms with E-state index in [1.54, 1.807) is 0 Å². The SMILES string of the molecule is O=C(O)C1CCN(S(=O)(=O)c2cccc(Cl)c2F)C1.